The second-order valence-corrected chi connectivity index (χ2v) is 8.78. The monoisotopic (exact) mass is 321 g/mol. The van der Waals surface area contributed by atoms with E-state index in [4.69, 9.17) is 4.98 Å². The van der Waals surface area contributed by atoms with Gasteiger partial charge in [-0.2, -0.15) is 0 Å². The zero-order valence-corrected chi connectivity index (χ0v) is 14.8. The summed E-state index contributed by atoms with van der Waals surface area (Å²) >= 11 is 1.79. The highest BCUT2D eigenvalue weighted by Gasteiger charge is 2.27. The summed E-state index contributed by atoms with van der Waals surface area (Å²) in [4.78, 5) is 21.5. The summed E-state index contributed by atoms with van der Waals surface area (Å²) in [6, 6.07) is 0. The molecule has 1 saturated carbocycles. The third-order valence-electron chi connectivity index (χ3n) is 4.33. The smallest absolute Gasteiger partial charge is 0.223 e. The van der Waals surface area contributed by atoms with Crippen LogP contribution in [0.3, 0.4) is 0 Å². The van der Waals surface area contributed by atoms with Gasteiger partial charge in [-0.3, -0.25) is 9.69 Å². The third-order valence-corrected chi connectivity index (χ3v) is 5.18. The number of amides is 1. The van der Waals surface area contributed by atoms with Crippen molar-refractivity contribution in [3.8, 4) is 0 Å². The molecule has 1 amide bonds. The van der Waals surface area contributed by atoms with Gasteiger partial charge in [0.25, 0.3) is 0 Å². The van der Waals surface area contributed by atoms with Crippen molar-refractivity contribution < 1.29 is 4.79 Å². The molecule has 1 aromatic heterocycles. The molecule has 1 aliphatic heterocycles. The summed E-state index contributed by atoms with van der Waals surface area (Å²) in [5.41, 5.74) is 1.38. The van der Waals surface area contributed by atoms with E-state index in [1.807, 2.05) is 4.90 Å². The molecule has 0 N–H and O–H groups in total. The molecule has 122 valence electrons. The Labute approximate surface area is 137 Å². The Hall–Kier alpha value is -0.940. The fraction of sp³-hybridized carbons (Fsp3) is 0.765. The first-order valence-corrected chi connectivity index (χ1v) is 9.23. The van der Waals surface area contributed by atoms with Crippen molar-refractivity contribution in [2.75, 3.05) is 26.2 Å². The van der Waals surface area contributed by atoms with Crippen LogP contribution >= 0.6 is 11.3 Å². The van der Waals surface area contributed by atoms with E-state index in [0.717, 1.165) is 38.6 Å². The summed E-state index contributed by atoms with van der Waals surface area (Å²) in [5.74, 6) is 1.05. The van der Waals surface area contributed by atoms with Gasteiger partial charge in [0.15, 0.2) is 0 Å². The highest BCUT2D eigenvalue weighted by Crippen LogP contribution is 2.40. The molecule has 0 radical (unpaired) electrons. The lowest BCUT2D eigenvalue weighted by atomic mass is 9.91. The molecule has 2 heterocycles. The molecule has 4 nitrogen and oxygen atoms in total. The zero-order valence-electron chi connectivity index (χ0n) is 14.0. The molecule has 0 bridgehead atoms. The second-order valence-electron chi connectivity index (χ2n) is 7.83. The summed E-state index contributed by atoms with van der Waals surface area (Å²) in [5, 5.41) is 3.46. The minimum absolute atomic E-state index is 0.0777. The largest absolute Gasteiger partial charge is 0.340 e. The standard InChI is InChI=1S/C17H27N3OS/c1-17(2,3)10-16(21)20-8-6-19(7-9-20)11-15-18-14(12-22-15)13-4-5-13/h12-13H,4-11H2,1-3H3. The molecule has 0 atom stereocenters. The SMILES string of the molecule is CC(C)(C)CC(=O)N1CCN(Cc2nc(C3CC3)cs2)CC1. The van der Waals surface area contributed by atoms with Gasteiger partial charge in [-0.25, -0.2) is 4.98 Å². The van der Waals surface area contributed by atoms with Crippen LogP contribution in [-0.4, -0.2) is 46.9 Å². The van der Waals surface area contributed by atoms with E-state index >= 15 is 0 Å². The molecule has 3 rings (SSSR count). The first-order valence-electron chi connectivity index (χ1n) is 8.35. The lowest BCUT2D eigenvalue weighted by molar-refractivity contribution is -0.134. The van der Waals surface area contributed by atoms with Crippen molar-refractivity contribution in [3.63, 3.8) is 0 Å². The number of rotatable bonds is 4. The first kappa shape index (κ1) is 15.9. The van der Waals surface area contributed by atoms with Crippen LogP contribution in [0.5, 0.6) is 0 Å². The Balaban J connectivity index is 1.45. The van der Waals surface area contributed by atoms with Crippen LogP contribution in [0.2, 0.25) is 0 Å². The predicted molar refractivity (Wildman–Crippen MR) is 90.0 cm³/mol. The molecule has 0 unspecified atom stereocenters. The van der Waals surface area contributed by atoms with Gasteiger partial charge in [0.1, 0.15) is 5.01 Å². The van der Waals surface area contributed by atoms with Crippen LogP contribution in [0, 0.1) is 5.41 Å². The summed E-state index contributed by atoms with van der Waals surface area (Å²) < 4.78 is 0. The third kappa shape index (κ3) is 4.29. The molecule has 2 fully saturated rings. The molecule has 22 heavy (non-hydrogen) atoms. The van der Waals surface area contributed by atoms with Crippen LogP contribution in [0.4, 0.5) is 0 Å². The van der Waals surface area contributed by atoms with E-state index in [1.165, 1.54) is 23.5 Å². The summed E-state index contributed by atoms with van der Waals surface area (Å²) in [6.45, 7) is 11.0. The number of carbonyl (C=O) groups is 1. The van der Waals surface area contributed by atoms with Crippen molar-refractivity contribution in [1.29, 1.82) is 0 Å². The molecule has 0 aromatic carbocycles. The number of carbonyl (C=O) groups excluding carboxylic acids is 1. The molecule has 1 aromatic rings. The highest BCUT2D eigenvalue weighted by atomic mass is 32.1. The molecule has 1 saturated heterocycles. The van der Waals surface area contributed by atoms with E-state index in [2.05, 4.69) is 31.1 Å². The molecular weight excluding hydrogens is 294 g/mol. The first-order chi connectivity index (χ1) is 10.4. The maximum absolute atomic E-state index is 12.3. The lowest BCUT2D eigenvalue weighted by Crippen LogP contribution is -2.48. The zero-order chi connectivity index (χ0) is 15.7. The number of hydrogen-bond acceptors (Lipinski definition) is 4. The minimum atomic E-state index is 0.0777. The van der Waals surface area contributed by atoms with Gasteiger partial charge in [-0.05, 0) is 18.3 Å². The average molecular weight is 321 g/mol. The van der Waals surface area contributed by atoms with Crippen LogP contribution in [0.25, 0.3) is 0 Å². The maximum Gasteiger partial charge on any atom is 0.223 e. The van der Waals surface area contributed by atoms with Crippen molar-refractivity contribution >= 4 is 17.2 Å². The quantitative estimate of drug-likeness (QED) is 0.855. The normalized spacial score (nSPS) is 20.4. The Bertz CT molecular complexity index is 522. The minimum Gasteiger partial charge on any atom is -0.340 e. The maximum atomic E-state index is 12.3. The number of aromatic nitrogens is 1. The average Bonchev–Trinajstić information content (AvgIpc) is 3.19. The topological polar surface area (TPSA) is 36.4 Å². The Kier molecular flexibility index (Phi) is 4.55. The van der Waals surface area contributed by atoms with Crippen molar-refractivity contribution in [3.05, 3.63) is 16.1 Å². The van der Waals surface area contributed by atoms with E-state index < -0.39 is 0 Å². The van der Waals surface area contributed by atoms with Crippen LogP contribution in [-0.2, 0) is 11.3 Å². The van der Waals surface area contributed by atoms with Crippen molar-refractivity contribution in [2.45, 2.75) is 52.5 Å². The number of nitrogens with zero attached hydrogens (tertiary/aromatic N) is 3. The van der Waals surface area contributed by atoms with Crippen LogP contribution in [0.15, 0.2) is 5.38 Å². The number of hydrogen-bond donors (Lipinski definition) is 0. The fourth-order valence-corrected chi connectivity index (χ4v) is 3.79. The van der Waals surface area contributed by atoms with Crippen molar-refractivity contribution in [2.24, 2.45) is 5.41 Å². The molecule has 0 spiro atoms. The van der Waals surface area contributed by atoms with Gasteiger partial charge in [0, 0.05) is 43.9 Å². The Morgan fingerprint density at radius 3 is 2.55 bits per heavy atom. The molecule has 1 aliphatic carbocycles. The van der Waals surface area contributed by atoms with E-state index in [9.17, 15) is 4.79 Å². The van der Waals surface area contributed by atoms with Gasteiger partial charge in [0.2, 0.25) is 5.91 Å². The van der Waals surface area contributed by atoms with Gasteiger partial charge in [-0.1, -0.05) is 20.8 Å². The second kappa shape index (κ2) is 6.28. The predicted octanol–water partition coefficient (Wildman–Crippen LogP) is 3.10. The van der Waals surface area contributed by atoms with Gasteiger partial charge in [0.05, 0.1) is 12.2 Å². The summed E-state index contributed by atoms with van der Waals surface area (Å²) in [7, 11) is 0. The summed E-state index contributed by atoms with van der Waals surface area (Å²) in [6.07, 6.45) is 3.28. The Morgan fingerprint density at radius 2 is 1.95 bits per heavy atom. The lowest BCUT2D eigenvalue weighted by Gasteiger charge is -2.35. The molecular formula is C17H27N3OS. The Morgan fingerprint density at radius 1 is 1.27 bits per heavy atom. The number of piperazine rings is 1. The van der Waals surface area contributed by atoms with Gasteiger partial charge < -0.3 is 4.90 Å². The van der Waals surface area contributed by atoms with Gasteiger partial charge in [-0.15, -0.1) is 11.3 Å². The van der Waals surface area contributed by atoms with Crippen LogP contribution in [0.1, 0.15) is 56.7 Å². The van der Waals surface area contributed by atoms with E-state index in [0.29, 0.717) is 12.3 Å². The fourth-order valence-electron chi connectivity index (χ4n) is 2.88. The van der Waals surface area contributed by atoms with E-state index in [1.54, 1.807) is 11.3 Å². The van der Waals surface area contributed by atoms with Crippen molar-refractivity contribution in [1.82, 2.24) is 14.8 Å². The van der Waals surface area contributed by atoms with Gasteiger partial charge >= 0.3 is 0 Å². The molecule has 5 heteroatoms. The highest BCUT2D eigenvalue weighted by molar-refractivity contribution is 7.09. The molecule has 2 aliphatic rings. The van der Waals surface area contributed by atoms with Crippen LogP contribution < -0.4 is 0 Å². The number of thiazole rings is 1. The van der Waals surface area contributed by atoms with E-state index in [-0.39, 0.29) is 5.41 Å².